The summed E-state index contributed by atoms with van der Waals surface area (Å²) < 4.78 is 0. The molecule has 1 fully saturated rings. The quantitative estimate of drug-likeness (QED) is 0.705. The molecule has 1 aliphatic rings. The van der Waals surface area contributed by atoms with E-state index in [9.17, 15) is 4.79 Å². The first kappa shape index (κ1) is 9.46. The van der Waals surface area contributed by atoms with Gasteiger partial charge >= 0.3 is 0 Å². The van der Waals surface area contributed by atoms with E-state index in [1.165, 1.54) is 0 Å². The molecule has 0 aromatic carbocycles. The predicted molar refractivity (Wildman–Crippen MR) is 56.2 cm³/mol. The van der Waals surface area contributed by atoms with E-state index in [2.05, 4.69) is 4.98 Å². The highest BCUT2D eigenvalue weighted by Crippen LogP contribution is 2.29. The maximum absolute atomic E-state index is 11.5. The van der Waals surface area contributed by atoms with Gasteiger partial charge in [0.25, 0.3) is 5.56 Å². The van der Waals surface area contributed by atoms with Crippen molar-refractivity contribution < 1.29 is 0 Å². The van der Waals surface area contributed by atoms with E-state index in [0.717, 1.165) is 31.2 Å². The number of H-pyrrole nitrogens is 1. The first-order valence-corrected chi connectivity index (χ1v) is 5.20. The number of hydrogen-bond donors (Lipinski definition) is 2. The minimum atomic E-state index is 0.0478. The van der Waals surface area contributed by atoms with Gasteiger partial charge in [-0.15, -0.1) is 0 Å². The van der Waals surface area contributed by atoms with Gasteiger partial charge in [0.15, 0.2) is 0 Å². The highest BCUT2D eigenvalue weighted by Gasteiger charge is 2.22. The monoisotopic (exact) mass is 192 g/mol. The van der Waals surface area contributed by atoms with Gasteiger partial charge in [0, 0.05) is 17.8 Å². The van der Waals surface area contributed by atoms with Gasteiger partial charge in [-0.3, -0.25) is 4.79 Å². The van der Waals surface area contributed by atoms with Crippen LogP contribution in [0.5, 0.6) is 0 Å². The summed E-state index contributed by atoms with van der Waals surface area (Å²) in [5, 5.41) is 0. The first-order valence-electron chi connectivity index (χ1n) is 5.20. The molecule has 1 aromatic heterocycles. The van der Waals surface area contributed by atoms with Gasteiger partial charge in [-0.1, -0.05) is 12.5 Å². The van der Waals surface area contributed by atoms with Crippen LogP contribution >= 0.6 is 0 Å². The molecule has 1 aliphatic carbocycles. The van der Waals surface area contributed by atoms with Crippen LogP contribution in [-0.4, -0.2) is 11.0 Å². The van der Waals surface area contributed by atoms with Gasteiger partial charge < -0.3 is 10.7 Å². The normalized spacial score (nSPS) is 27.5. The fraction of sp³-hybridized carbons (Fsp3) is 0.545. The van der Waals surface area contributed by atoms with E-state index in [-0.39, 0.29) is 11.6 Å². The summed E-state index contributed by atoms with van der Waals surface area (Å²) in [6, 6.07) is 4.08. The van der Waals surface area contributed by atoms with E-state index in [0.29, 0.717) is 5.92 Å². The zero-order chi connectivity index (χ0) is 9.97. The Morgan fingerprint density at radius 2 is 2.29 bits per heavy atom. The third kappa shape index (κ3) is 1.87. The van der Waals surface area contributed by atoms with Crippen molar-refractivity contribution in [1.29, 1.82) is 0 Å². The second kappa shape index (κ2) is 3.96. The van der Waals surface area contributed by atoms with E-state index < -0.39 is 0 Å². The second-order valence-electron chi connectivity index (χ2n) is 4.08. The third-order valence-electron chi connectivity index (χ3n) is 3.00. The molecule has 1 saturated carbocycles. The maximum atomic E-state index is 11.5. The number of nitrogens with two attached hydrogens (primary N) is 1. The van der Waals surface area contributed by atoms with Gasteiger partial charge in [0.1, 0.15) is 0 Å². The molecule has 2 unspecified atom stereocenters. The van der Waals surface area contributed by atoms with Crippen molar-refractivity contribution in [2.75, 3.05) is 0 Å². The lowest BCUT2D eigenvalue weighted by Crippen LogP contribution is -2.29. The Bertz CT molecular complexity index is 358. The van der Waals surface area contributed by atoms with Crippen molar-refractivity contribution in [2.24, 2.45) is 5.73 Å². The molecule has 1 aromatic rings. The smallest absolute Gasteiger partial charge is 0.251 e. The molecule has 3 N–H and O–H groups in total. The number of aromatic amines is 1. The van der Waals surface area contributed by atoms with Crippen LogP contribution in [-0.2, 0) is 0 Å². The van der Waals surface area contributed by atoms with Crippen LogP contribution in [0.3, 0.4) is 0 Å². The van der Waals surface area contributed by atoms with Crippen molar-refractivity contribution in [3.63, 3.8) is 0 Å². The SMILES string of the molecule is NC1CCCC(c2ccc[nH]c2=O)C1. The molecule has 2 rings (SSSR count). The summed E-state index contributed by atoms with van der Waals surface area (Å²) in [6.07, 6.45) is 5.96. The average molecular weight is 192 g/mol. The molecule has 76 valence electrons. The lowest BCUT2D eigenvalue weighted by Gasteiger charge is -2.26. The Kier molecular flexibility index (Phi) is 2.68. The summed E-state index contributed by atoms with van der Waals surface area (Å²) in [6.45, 7) is 0. The largest absolute Gasteiger partial charge is 0.329 e. The van der Waals surface area contributed by atoms with Crippen LogP contribution < -0.4 is 11.3 Å². The van der Waals surface area contributed by atoms with E-state index in [1.807, 2.05) is 12.1 Å². The molecule has 2 atom stereocenters. The van der Waals surface area contributed by atoms with Gasteiger partial charge in [-0.25, -0.2) is 0 Å². The Labute approximate surface area is 83.3 Å². The van der Waals surface area contributed by atoms with E-state index in [1.54, 1.807) is 6.20 Å². The predicted octanol–water partition coefficient (Wildman–Crippen LogP) is 1.36. The highest BCUT2D eigenvalue weighted by molar-refractivity contribution is 5.16. The van der Waals surface area contributed by atoms with Crippen LogP contribution in [0.25, 0.3) is 0 Å². The summed E-state index contributed by atoms with van der Waals surface area (Å²) in [5.41, 5.74) is 6.85. The van der Waals surface area contributed by atoms with Crippen LogP contribution in [0.4, 0.5) is 0 Å². The van der Waals surface area contributed by atoms with Gasteiger partial charge in [-0.2, -0.15) is 0 Å². The van der Waals surface area contributed by atoms with Crippen molar-refractivity contribution >= 4 is 0 Å². The molecule has 0 amide bonds. The molecule has 0 bridgehead atoms. The average Bonchev–Trinajstić information content (AvgIpc) is 2.18. The zero-order valence-electron chi connectivity index (χ0n) is 8.20. The minimum absolute atomic E-state index is 0.0478. The Morgan fingerprint density at radius 3 is 3.00 bits per heavy atom. The minimum Gasteiger partial charge on any atom is -0.329 e. The fourth-order valence-corrected chi connectivity index (χ4v) is 2.27. The lowest BCUT2D eigenvalue weighted by atomic mass is 9.82. The van der Waals surface area contributed by atoms with Crippen LogP contribution in [0.2, 0.25) is 0 Å². The van der Waals surface area contributed by atoms with Crippen molar-refractivity contribution in [3.8, 4) is 0 Å². The zero-order valence-corrected chi connectivity index (χ0v) is 8.20. The van der Waals surface area contributed by atoms with Gasteiger partial charge in [-0.05, 0) is 31.2 Å². The van der Waals surface area contributed by atoms with E-state index >= 15 is 0 Å². The first-order chi connectivity index (χ1) is 6.77. The second-order valence-corrected chi connectivity index (χ2v) is 4.08. The van der Waals surface area contributed by atoms with Crippen molar-refractivity contribution in [1.82, 2.24) is 4.98 Å². The molecule has 0 saturated heterocycles. The third-order valence-corrected chi connectivity index (χ3v) is 3.00. The molecular formula is C11H16N2O. The summed E-state index contributed by atoms with van der Waals surface area (Å²) in [7, 11) is 0. The Hall–Kier alpha value is -1.09. The molecule has 0 spiro atoms. The standard InChI is InChI=1S/C11H16N2O/c12-9-4-1-3-8(7-9)10-5-2-6-13-11(10)14/h2,5-6,8-9H,1,3-4,7,12H2,(H,13,14). The van der Waals surface area contributed by atoms with Crippen LogP contribution in [0.1, 0.15) is 37.2 Å². The molecule has 14 heavy (non-hydrogen) atoms. The number of aromatic nitrogens is 1. The van der Waals surface area contributed by atoms with Crippen molar-refractivity contribution in [3.05, 3.63) is 34.2 Å². The number of hydrogen-bond acceptors (Lipinski definition) is 2. The van der Waals surface area contributed by atoms with Crippen LogP contribution in [0.15, 0.2) is 23.1 Å². The Balaban J connectivity index is 2.22. The number of nitrogens with one attached hydrogen (secondary N) is 1. The molecule has 1 heterocycles. The highest BCUT2D eigenvalue weighted by atomic mass is 16.1. The van der Waals surface area contributed by atoms with Crippen molar-refractivity contribution in [2.45, 2.75) is 37.6 Å². The van der Waals surface area contributed by atoms with E-state index in [4.69, 9.17) is 5.73 Å². The van der Waals surface area contributed by atoms with Crippen LogP contribution in [0, 0.1) is 0 Å². The molecule has 0 aliphatic heterocycles. The molecule has 0 radical (unpaired) electrons. The number of pyridine rings is 1. The molecule has 3 nitrogen and oxygen atoms in total. The summed E-state index contributed by atoms with van der Waals surface area (Å²) in [5.74, 6) is 0.365. The number of rotatable bonds is 1. The molecular weight excluding hydrogens is 176 g/mol. The lowest BCUT2D eigenvalue weighted by molar-refractivity contribution is 0.391. The maximum Gasteiger partial charge on any atom is 0.251 e. The van der Waals surface area contributed by atoms with Gasteiger partial charge in [0.2, 0.25) is 0 Å². The van der Waals surface area contributed by atoms with Gasteiger partial charge in [0.05, 0.1) is 0 Å². The molecule has 3 heteroatoms. The Morgan fingerprint density at radius 1 is 1.43 bits per heavy atom. The topological polar surface area (TPSA) is 58.9 Å². The fourth-order valence-electron chi connectivity index (χ4n) is 2.27. The summed E-state index contributed by atoms with van der Waals surface area (Å²) >= 11 is 0. The summed E-state index contributed by atoms with van der Waals surface area (Å²) in [4.78, 5) is 14.2.